The lowest BCUT2D eigenvalue weighted by Gasteiger charge is -2.29. The number of hydrogen-bond acceptors (Lipinski definition) is 5. The third-order valence-corrected chi connectivity index (χ3v) is 6.09. The molecule has 182 valence electrons. The van der Waals surface area contributed by atoms with Gasteiger partial charge in [-0.1, -0.05) is 55.5 Å². The number of hydrogen-bond donors (Lipinski definition) is 2. The van der Waals surface area contributed by atoms with Crippen molar-refractivity contribution in [3.8, 4) is 11.1 Å². The van der Waals surface area contributed by atoms with Gasteiger partial charge in [-0.2, -0.15) is 0 Å². The Bertz CT molecular complexity index is 993. The van der Waals surface area contributed by atoms with Crippen LogP contribution in [0.4, 0.5) is 4.79 Å². The summed E-state index contributed by atoms with van der Waals surface area (Å²) in [7, 11) is 3.60. The van der Waals surface area contributed by atoms with Crippen molar-refractivity contribution >= 4 is 18.0 Å². The first kappa shape index (κ1) is 25.2. The van der Waals surface area contributed by atoms with Crippen molar-refractivity contribution < 1.29 is 24.2 Å². The first-order valence-electron chi connectivity index (χ1n) is 11.5. The number of ether oxygens (including phenoxy) is 1. The van der Waals surface area contributed by atoms with Crippen LogP contribution in [-0.2, 0) is 14.3 Å². The maximum atomic E-state index is 13.1. The summed E-state index contributed by atoms with van der Waals surface area (Å²) in [5, 5.41) is 11.9. The van der Waals surface area contributed by atoms with Crippen LogP contribution in [-0.4, -0.2) is 79.3 Å². The quantitative estimate of drug-likeness (QED) is 0.557. The minimum absolute atomic E-state index is 0.0704. The van der Waals surface area contributed by atoms with E-state index in [9.17, 15) is 19.5 Å². The van der Waals surface area contributed by atoms with Gasteiger partial charge in [-0.25, -0.2) is 4.79 Å². The monoisotopic (exact) mass is 467 g/mol. The molecule has 2 aromatic carbocycles. The fourth-order valence-corrected chi connectivity index (χ4v) is 4.34. The number of carbonyl (C=O) groups excluding carboxylic acids is 2. The molecule has 2 amide bonds. The van der Waals surface area contributed by atoms with E-state index in [0.717, 1.165) is 22.3 Å². The fraction of sp³-hybridized carbons (Fsp3) is 0.423. The number of carboxylic acids is 1. The fourth-order valence-electron chi connectivity index (χ4n) is 4.34. The van der Waals surface area contributed by atoms with Gasteiger partial charge in [0, 0.05) is 25.6 Å². The number of fused-ring (bicyclic) bond motifs is 3. The second-order valence-corrected chi connectivity index (χ2v) is 8.90. The number of likely N-dealkylation sites (N-methyl/N-ethyl adjacent to an activating group) is 2. The zero-order chi connectivity index (χ0) is 24.8. The van der Waals surface area contributed by atoms with Crippen molar-refractivity contribution in [1.29, 1.82) is 0 Å². The number of rotatable bonds is 10. The Morgan fingerprint density at radius 1 is 1.00 bits per heavy atom. The average Bonchev–Trinajstić information content (AvgIpc) is 3.13. The zero-order valence-electron chi connectivity index (χ0n) is 20.2. The predicted molar refractivity (Wildman–Crippen MR) is 130 cm³/mol. The Morgan fingerprint density at radius 2 is 1.56 bits per heavy atom. The number of carbonyl (C=O) groups is 3. The summed E-state index contributed by atoms with van der Waals surface area (Å²) < 4.78 is 5.60. The lowest BCUT2D eigenvalue weighted by atomic mass is 9.98. The highest BCUT2D eigenvalue weighted by Crippen LogP contribution is 2.44. The molecule has 2 N–H and O–H groups in total. The molecule has 1 aliphatic carbocycles. The van der Waals surface area contributed by atoms with Crippen LogP contribution in [0.2, 0.25) is 0 Å². The molecular formula is C26H33N3O5. The summed E-state index contributed by atoms with van der Waals surface area (Å²) in [5.41, 5.74) is 4.49. The van der Waals surface area contributed by atoms with Crippen molar-refractivity contribution in [2.24, 2.45) is 5.92 Å². The first-order chi connectivity index (χ1) is 16.2. The van der Waals surface area contributed by atoms with E-state index in [1.807, 2.05) is 36.4 Å². The molecule has 3 rings (SSSR count). The van der Waals surface area contributed by atoms with E-state index in [4.69, 9.17) is 4.74 Å². The van der Waals surface area contributed by atoms with Crippen molar-refractivity contribution in [2.75, 3.05) is 40.3 Å². The summed E-state index contributed by atoms with van der Waals surface area (Å²) >= 11 is 0. The van der Waals surface area contributed by atoms with Gasteiger partial charge >= 0.3 is 12.1 Å². The molecule has 0 aliphatic heterocycles. The molecule has 1 aliphatic rings. The minimum Gasteiger partial charge on any atom is -0.481 e. The van der Waals surface area contributed by atoms with Crippen molar-refractivity contribution in [2.45, 2.75) is 25.8 Å². The lowest BCUT2D eigenvalue weighted by Crippen LogP contribution is -2.54. The first-order valence-corrected chi connectivity index (χ1v) is 11.5. The molecule has 8 nitrogen and oxygen atoms in total. The molecule has 2 aromatic rings. The topological polar surface area (TPSA) is 99.2 Å². The summed E-state index contributed by atoms with van der Waals surface area (Å²) in [6.07, 6.45) is -0.676. The van der Waals surface area contributed by atoms with E-state index in [2.05, 4.69) is 17.4 Å². The molecule has 0 radical (unpaired) electrons. The number of amides is 2. The Morgan fingerprint density at radius 3 is 2.06 bits per heavy atom. The minimum atomic E-state index is -0.972. The Kier molecular flexibility index (Phi) is 8.28. The van der Waals surface area contributed by atoms with E-state index in [-0.39, 0.29) is 31.5 Å². The molecule has 0 heterocycles. The van der Waals surface area contributed by atoms with Gasteiger partial charge in [-0.05, 0) is 43.3 Å². The van der Waals surface area contributed by atoms with Gasteiger partial charge in [0.2, 0.25) is 5.91 Å². The van der Waals surface area contributed by atoms with E-state index < -0.39 is 24.0 Å². The highest BCUT2D eigenvalue weighted by Gasteiger charge is 2.31. The number of benzene rings is 2. The molecule has 0 fully saturated rings. The van der Waals surface area contributed by atoms with Gasteiger partial charge in [0.25, 0.3) is 0 Å². The second kappa shape index (κ2) is 11.2. The summed E-state index contributed by atoms with van der Waals surface area (Å²) in [4.78, 5) is 40.4. The smallest absolute Gasteiger partial charge is 0.407 e. The average molecular weight is 468 g/mol. The third kappa shape index (κ3) is 5.75. The van der Waals surface area contributed by atoms with Gasteiger partial charge in [-0.3, -0.25) is 9.59 Å². The van der Waals surface area contributed by atoms with Crippen molar-refractivity contribution in [1.82, 2.24) is 15.1 Å². The number of alkyl carbamates (subject to hydrolysis) is 1. The number of nitrogens with zero attached hydrogens (tertiary/aromatic N) is 2. The van der Waals surface area contributed by atoms with Crippen LogP contribution in [0.25, 0.3) is 11.1 Å². The molecule has 1 unspecified atom stereocenters. The maximum Gasteiger partial charge on any atom is 0.407 e. The summed E-state index contributed by atoms with van der Waals surface area (Å²) in [6, 6.07) is 15.3. The molecule has 0 saturated heterocycles. The second-order valence-electron chi connectivity index (χ2n) is 8.90. The highest BCUT2D eigenvalue weighted by molar-refractivity contribution is 5.86. The van der Waals surface area contributed by atoms with Crippen LogP contribution in [0.5, 0.6) is 0 Å². The van der Waals surface area contributed by atoms with E-state index in [1.165, 1.54) is 4.90 Å². The van der Waals surface area contributed by atoms with Gasteiger partial charge < -0.3 is 25.0 Å². The van der Waals surface area contributed by atoms with Crippen molar-refractivity contribution in [3.63, 3.8) is 0 Å². The Hall–Kier alpha value is -3.39. The third-order valence-electron chi connectivity index (χ3n) is 6.09. The molecule has 2 atom stereocenters. The zero-order valence-corrected chi connectivity index (χ0v) is 20.2. The van der Waals surface area contributed by atoms with E-state index in [0.29, 0.717) is 6.54 Å². The van der Waals surface area contributed by atoms with Crippen LogP contribution in [0, 0.1) is 5.92 Å². The molecule has 0 bridgehead atoms. The van der Waals surface area contributed by atoms with Crippen molar-refractivity contribution in [3.05, 3.63) is 59.7 Å². The van der Waals surface area contributed by atoms with Crippen LogP contribution in [0.15, 0.2) is 48.5 Å². The Labute approximate surface area is 200 Å². The van der Waals surface area contributed by atoms with Gasteiger partial charge in [0.15, 0.2) is 0 Å². The molecule has 0 spiro atoms. The normalized spacial score (nSPS) is 14.1. The molecule has 8 heteroatoms. The molecular weight excluding hydrogens is 434 g/mol. The van der Waals surface area contributed by atoms with Crippen LogP contribution in [0.1, 0.15) is 30.9 Å². The highest BCUT2D eigenvalue weighted by atomic mass is 16.5. The van der Waals surface area contributed by atoms with E-state index >= 15 is 0 Å². The van der Waals surface area contributed by atoms with Gasteiger partial charge in [-0.15, -0.1) is 0 Å². The largest absolute Gasteiger partial charge is 0.481 e. The SMILES string of the molecule is CCN(CC(C)C(=O)O)C(=O)[C@H](CN(C)C)NC(=O)OCC1c2ccccc2-c2ccccc21. The van der Waals surface area contributed by atoms with Crippen LogP contribution in [0.3, 0.4) is 0 Å². The standard InChI is InChI=1S/C26H33N3O5/c1-5-29(14-17(2)25(31)32)24(30)23(15-28(3)4)27-26(33)34-16-22-20-12-8-6-10-18(20)19-11-7-9-13-21(19)22/h6-13,17,22-23H,5,14-16H2,1-4H3,(H,27,33)(H,31,32)/t17?,23-/m0/s1. The van der Waals surface area contributed by atoms with Crippen LogP contribution >= 0.6 is 0 Å². The number of nitrogens with one attached hydrogen (secondary N) is 1. The van der Waals surface area contributed by atoms with E-state index in [1.54, 1.807) is 32.8 Å². The molecule has 0 aromatic heterocycles. The Balaban J connectivity index is 1.68. The molecule has 34 heavy (non-hydrogen) atoms. The predicted octanol–water partition coefficient (Wildman–Crippen LogP) is 3.02. The van der Waals surface area contributed by atoms with Gasteiger partial charge in [0.1, 0.15) is 12.6 Å². The number of aliphatic carboxylic acids is 1. The van der Waals surface area contributed by atoms with Crippen LogP contribution < -0.4 is 5.32 Å². The molecule has 0 saturated carbocycles. The lowest BCUT2D eigenvalue weighted by molar-refractivity contribution is -0.143. The summed E-state index contributed by atoms with van der Waals surface area (Å²) in [5.74, 6) is -2.10. The maximum absolute atomic E-state index is 13.1. The number of carboxylic acid groups (broad SMARTS) is 1. The summed E-state index contributed by atoms with van der Waals surface area (Å²) in [6.45, 7) is 4.16. The van der Waals surface area contributed by atoms with Gasteiger partial charge in [0.05, 0.1) is 5.92 Å².